The van der Waals surface area contributed by atoms with E-state index in [1.165, 1.54) is 24.3 Å². The third-order valence-corrected chi connectivity index (χ3v) is 3.46. The zero-order chi connectivity index (χ0) is 15.7. The van der Waals surface area contributed by atoms with Crippen molar-refractivity contribution in [1.82, 2.24) is 9.78 Å². The molecule has 0 fully saturated rings. The molecule has 0 N–H and O–H groups in total. The molecule has 0 saturated heterocycles. The highest BCUT2D eigenvalue weighted by molar-refractivity contribution is 6.33. The summed E-state index contributed by atoms with van der Waals surface area (Å²) in [6, 6.07) is 10.1. The van der Waals surface area contributed by atoms with E-state index >= 15 is 0 Å². The average Bonchev–Trinajstić information content (AvgIpc) is 2.97. The van der Waals surface area contributed by atoms with Crippen LogP contribution in [0, 0.1) is 15.9 Å². The number of halogens is 2. The Labute approximate surface area is 129 Å². The van der Waals surface area contributed by atoms with Gasteiger partial charge in [-0.15, -0.1) is 0 Å². The van der Waals surface area contributed by atoms with Crippen LogP contribution >= 0.6 is 11.6 Å². The third-order valence-electron chi connectivity index (χ3n) is 3.15. The first-order valence-electron chi connectivity index (χ1n) is 6.29. The minimum atomic E-state index is -0.502. The molecule has 2 aromatic carbocycles. The number of nitro benzene ring substituents is 1. The van der Waals surface area contributed by atoms with E-state index in [1.807, 2.05) is 0 Å². The fraction of sp³-hybridized carbons (Fsp3) is 0. The SMILES string of the molecule is O=[N+]([O-])c1ccc(-c2cnn(-c3ccc(F)cc3)c2)c(Cl)c1. The Balaban J connectivity index is 1.97. The van der Waals surface area contributed by atoms with Gasteiger partial charge in [-0.25, -0.2) is 9.07 Å². The van der Waals surface area contributed by atoms with Gasteiger partial charge in [0.25, 0.3) is 5.69 Å². The van der Waals surface area contributed by atoms with Gasteiger partial charge in [-0.2, -0.15) is 5.10 Å². The van der Waals surface area contributed by atoms with Crippen molar-refractivity contribution in [1.29, 1.82) is 0 Å². The van der Waals surface area contributed by atoms with Crippen LogP contribution in [0.15, 0.2) is 54.9 Å². The van der Waals surface area contributed by atoms with Crippen LogP contribution in [0.5, 0.6) is 0 Å². The van der Waals surface area contributed by atoms with E-state index in [4.69, 9.17) is 11.6 Å². The summed E-state index contributed by atoms with van der Waals surface area (Å²) in [5, 5.41) is 15.2. The van der Waals surface area contributed by atoms with Gasteiger partial charge in [0.05, 0.1) is 21.8 Å². The van der Waals surface area contributed by atoms with Crippen LogP contribution in [0.1, 0.15) is 0 Å². The van der Waals surface area contributed by atoms with E-state index < -0.39 is 4.92 Å². The van der Waals surface area contributed by atoms with Crippen molar-refractivity contribution in [2.24, 2.45) is 0 Å². The van der Waals surface area contributed by atoms with Gasteiger partial charge in [0.2, 0.25) is 0 Å². The fourth-order valence-electron chi connectivity index (χ4n) is 2.05. The Bertz CT molecular complexity index is 846. The summed E-state index contributed by atoms with van der Waals surface area (Å²) in [5.74, 6) is -0.324. The van der Waals surface area contributed by atoms with E-state index in [0.717, 1.165) is 0 Å². The van der Waals surface area contributed by atoms with E-state index in [-0.39, 0.29) is 16.5 Å². The summed E-state index contributed by atoms with van der Waals surface area (Å²) < 4.78 is 14.5. The molecule has 1 heterocycles. The number of hydrogen-bond donors (Lipinski definition) is 0. The van der Waals surface area contributed by atoms with Crippen molar-refractivity contribution in [3.05, 3.63) is 75.8 Å². The molecule has 0 saturated carbocycles. The summed E-state index contributed by atoms with van der Waals surface area (Å²) in [7, 11) is 0. The largest absolute Gasteiger partial charge is 0.270 e. The van der Waals surface area contributed by atoms with Gasteiger partial charge >= 0.3 is 0 Å². The molecule has 22 heavy (non-hydrogen) atoms. The van der Waals surface area contributed by atoms with Gasteiger partial charge in [0, 0.05) is 29.5 Å². The van der Waals surface area contributed by atoms with Crippen LogP contribution < -0.4 is 0 Å². The summed E-state index contributed by atoms with van der Waals surface area (Å²) >= 11 is 6.09. The van der Waals surface area contributed by atoms with Gasteiger partial charge in [-0.3, -0.25) is 10.1 Å². The molecule has 0 aliphatic carbocycles. The first kappa shape index (κ1) is 14.2. The minimum absolute atomic E-state index is 0.0697. The second kappa shape index (κ2) is 5.57. The zero-order valence-corrected chi connectivity index (χ0v) is 11.9. The molecule has 0 unspecified atom stereocenters. The van der Waals surface area contributed by atoms with Crippen LogP contribution in [0.4, 0.5) is 10.1 Å². The van der Waals surface area contributed by atoms with Crippen molar-refractivity contribution in [3.63, 3.8) is 0 Å². The van der Waals surface area contributed by atoms with Crippen LogP contribution in [0.25, 0.3) is 16.8 Å². The highest BCUT2D eigenvalue weighted by Crippen LogP contribution is 2.31. The van der Waals surface area contributed by atoms with Crippen molar-refractivity contribution < 1.29 is 9.31 Å². The van der Waals surface area contributed by atoms with Gasteiger partial charge < -0.3 is 0 Å². The molecule has 7 heteroatoms. The van der Waals surface area contributed by atoms with Crippen LogP contribution in [0.3, 0.4) is 0 Å². The Morgan fingerprint density at radius 3 is 2.55 bits per heavy atom. The Kier molecular flexibility index (Phi) is 3.60. The summed E-state index contributed by atoms with van der Waals surface area (Å²) in [6.07, 6.45) is 3.32. The maximum absolute atomic E-state index is 12.9. The lowest BCUT2D eigenvalue weighted by atomic mass is 10.1. The first-order valence-corrected chi connectivity index (χ1v) is 6.67. The number of nitrogens with zero attached hydrogens (tertiary/aromatic N) is 3. The second-order valence-electron chi connectivity index (χ2n) is 4.57. The zero-order valence-electron chi connectivity index (χ0n) is 11.1. The minimum Gasteiger partial charge on any atom is -0.258 e. The molecule has 0 aliphatic rings. The van der Waals surface area contributed by atoms with Gasteiger partial charge in [-0.05, 0) is 30.3 Å². The second-order valence-corrected chi connectivity index (χ2v) is 4.98. The van der Waals surface area contributed by atoms with E-state index in [2.05, 4.69) is 5.10 Å². The molecule has 5 nitrogen and oxygen atoms in total. The number of aromatic nitrogens is 2. The van der Waals surface area contributed by atoms with Crippen molar-refractivity contribution >= 4 is 17.3 Å². The summed E-state index contributed by atoms with van der Waals surface area (Å²) in [6.45, 7) is 0. The molecule has 0 atom stereocenters. The molecule has 0 aliphatic heterocycles. The highest BCUT2D eigenvalue weighted by Gasteiger charge is 2.12. The van der Waals surface area contributed by atoms with Crippen molar-refractivity contribution in [3.8, 4) is 16.8 Å². The molecular weight excluding hydrogens is 309 g/mol. The Hall–Kier alpha value is -2.73. The number of nitro groups is 1. The fourth-order valence-corrected chi connectivity index (χ4v) is 2.33. The van der Waals surface area contributed by atoms with Crippen molar-refractivity contribution in [2.75, 3.05) is 0 Å². The average molecular weight is 318 g/mol. The predicted molar refractivity (Wildman–Crippen MR) is 80.6 cm³/mol. The lowest BCUT2D eigenvalue weighted by Crippen LogP contribution is -1.93. The lowest BCUT2D eigenvalue weighted by Gasteiger charge is -2.02. The topological polar surface area (TPSA) is 61.0 Å². The Morgan fingerprint density at radius 2 is 1.91 bits per heavy atom. The van der Waals surface area contributed by atoms with Crippen LogP contribution in [0.2, 0.25) is 5.02 Å². The number of rotatable bonds is 3. The number of non-ortho nitro benzene ring substituents is 1. The molecule has 3 rings (SSSR count). The van der Waals surface area contributed by atoms with Gasteiger partial charge in [-0.1, -0.05) is 11.6 Å². The standard InChI is InChI=1S/C15H9ClFN3O2/c16-15-7-13(20(21)22)5-6-14(15)10-8-18-19(9-10)12-3-1-11(17)2-4-12/h1-9H. The molecule has 110 valence electrons. The molecule has 1 aromatic heterocycles. The molecule has 0 amide bonds. The third kappa shape index (κ3) is 2.68. The molecule has 3 aromatic rings. The smallest absolute Gasteiger partial charge is 0.258 e. The van der Waals surface area contributed by atoms with E-state index in [0.29, 0.717) is 16.8 Å². The molecule has 0 bridgehead atoms. The summed E-state index contributed by atoms with van der Waals surface area (Å²) in [5.41, 5.74) is 1.98. The van der Waals surface area contributed by atoms with Crippen LogP contribution in [-0.2, 0) is 0 Å². The van der Waals surface area contributed by atoms with E-state index in [1.54, 1.807) is 35.3 Å². The maximum Gasteiger partial charge on any atom is 0.270 e. The number of hydrogen-bond acceptors (Lipinski definition) is 3. The lowest BCUT2D eigenvalue weighted by molar-refractivity contribution is -0.384. The quantitative estimate of drug-likeness (QED) is 0.536. The predicted octanol–water partition coefficient (Wildman–Crippen LogP) is 4.24. The molecule has 0 radical (unpaired) electrons. The highest BCUT2D eigenvalue weighted by atomic mass is 35.5. The van der Waals surface area contributed by atoms with E-state index in [9.17, 15) is 14.5 Å². The monoisotopic (exact) mass is 317 g/mol. The Morgan fingerprint density at radius 1 is 1.18 bits per heavy atom. The number of benzene rings is 2. The summed E-state index contributed by atoms with van der Waals surface area (Å²) in [4.78, 5) is 10.2. The molecule has 0 spiro atoms. The normalized spacial score (nSPS) is 10.6. The first-order chi connectivity index (χ1) is 10.5. The molecular formula is C15H9ClFN3O2. The van der Waals surface area contributed by atoms with Gasteiger partial charge in [0.15, 0.2) is 0 Å². The maximum atomic E-state index is 12.9. The van der Waals surface area contributed by atoms with Gasteiger partial charge in [0.1, 0.15) is 5.82 Å². The van der Waals surface area contributed by atoms with Crippen molar-refractivity contribution in [2.45, 2.75) is 0 Å². The van der Waals surface area contributed by atoms with Crippen LogP contribution in [-0.4, -0.2) is 14.7 Å².